The first-order valence-electron chi connectivity index (χ1n) is 10.3. The van der Waals surface area contributed by atoms with E-state index in [-0.39, 0.29) is 5.82 Å². The first kappa shape index (κ1) is 18.6. The summed E-state index contributed by atoms with van der Waals surface area (Å²) in [5.74, 6) is 1.13. The lowest BCUT2D eigenvalue weighted by Gasteiger charge is -2.38. The molecule has 1 aromatic heterocycles. The molecule has 0 bridgehead atoms. The molecule has 0 amide bonds. The van der Waals surface area contributed by atoms with Gasteiger partial charge in [-0.1, -0.05) is 12.1 Å². The molecule has 5 rings (SSSR count). The molecule has 154 valence electrons. The minimum absolute atomic E-state index is 0.164. The van der Waals surface area contributed by atoms with Gasteiger partial charge in [0.05, 0.1) is 18.9 Å². The van der Waals surface area contributed by atoms with Crippen LogP contribution in [0.4, 0.5) is 21.8 Å². The molecule has 0 aliphatic carbocycles. The number of nitrogens with zero attached hydrogens (tertiary/aromatic N) is 5. The predicted octanol–water partition coefficient (Wildman–Crippen LogP) is 2.29. The van der Waals surface area contributed by atoms with Crippen LogP contribution in [0.5, 0.6) is 0 Å². The van der Waals surface area contributed by atoms with Crippen molar-refractivity contribution in [1.82, 2.24) is 9.97 Å². The Morgan fingerprint density at radius 3 is 2.24 bits per heavy atom. The van der Waals surface area contributed by atoms with Crippen molar-refractivity contribution in [1.29, 1.82) is 0 Å². The molecule has 3 fully saturated rings. The van der Waals surface area contributed by atoms with Gasteiger partial charge in [0, 0.05) is 58.3 Å². The van der Waals surface area contributed by atoms with Gasteiger partial charge in [0.25, 0.3) is 0 Å². The van der Waals surface area contributed by atoms with Gasteiger partial charge >= 0.3 is 0 Å². The fraction of sp³-hybridized carbons (Fsp3) is 0.524. The summed E-state index contributed by atoms with van der Waals surface area (Å²) in [6.07, 6.45) is 3.50. The summed E-state index contributed by atoms with van der Waals surface area (Å²) in [6, 6.07) is 8.92. The van der Waals surface area contributed by atoms with E-state index in [1.807, 2.05) is 24.4 Å². The Bertz CT molecular complexity index is 842. The Labute approximate surface area is 170 Å². The quantitative estimate of drug-likeness (QED) is 0.785. The van der Waals surface area contributed by atoms with Gasteiger partial charge in [-0.05, 0) is 18.2 Å². The number of aromatic nitrogens is 2. The summed E-state index contributed by atoms with van der Waals surface area (Å²) >= 11 is 0. The normalized spacial score (nSPS) is 21.8. The van der Waals surface area contributed by atoms with Crippen LogP contribution in [0, 0.1) is 5.82 Å². The first-order chi connectivity index (χ1) is 14.2. The van der Waals surface area contributed by atoms with Crippen LogP contribution >= 0.6 is 0 Å². The van der Waals surface area contributed by atoms with Gasteiger partial charge < -0.3 is 24.2 Å². The third kappa shape index (κ3) is 3.74. The third-order valence-electron chi connectivity index (χ3n) is 6.05. The van der Waals surface area contributed by atoms with Crippen molar-refractivity contribution in [3.63, 3.8) is 0 Å². The molecule has 3 aliphatic heterocycles. The second-order valence-corrected chi connectivity index (χ2v) is 7.74. The minimum atomic E-state index is -0.392. The van der Waals surface area contributed by atoms with Crippen molar-refractivity contribution < 1.29 is 13.9 Å². The maximum atomic E-state index is 14.1. The highest BCUT2D eigenvalue weighted by Gasteiger charge is 2.40. The first-order valence-corrected chi connectivity index (χ1v) is 10.3. The van der Waals surface area contributed by atoms with Crippen LogP contribution in [0.1, 0.15) is 12.8 Å². The lowest BCUT2D eigenvalue weighted by Crippen LogP contribution is -2.47. The van der Waals surface area contributed by atoms with E-state index in [4.69, 9.17) is 14.5 Å². The van der Waals surface area contributed by atoms with E-state index in [9.17, 15) is 4.39 Å². The monoisotopic (exact) mass is 399 g/mol. The summed E-state index contributed by atoms with van der Waals surface area (Å²) in [5, 5.41) is 0. The van der Waals surface area contributed by atoms with Gasteiger partial charge in [-0.3, -0.25) is 0 Å². The fourth-order valence-electron chi connectivity index (χ4n) is 4.39. The Morgan fingerprint density at radius 2 is 1.52 bits per heavy atom. The van der Waals surface area contributed by atoms with Gasteiger partial charge in [-0.2, -0.15) is 4.98 Å². The van der Waals surface area contributed by atoms with E-state index in [2.05, 4.69) is 19.7 Å². The minimum Gasteiger partial charge on any atom is -0.366 e. The maximum Gasteiger partial charge on any atom is 0.227 e. The maximum absolute atomic E-state index is 14.1. The molecule has 7 nitrogen and oxygen atoms in total. The molecule has 29 heavy (non-hydrogen) atoms. The van der Waals surface area contributed by atoms with Crippen molar-refractivity contribution in [3.8, 4) is 0 Å². The van der Waals surface area contributed by atoms with Gasteiger partial charge in [0.2, 0.25) is 5.95 Å². The topological polar surface area (TPSA) is 54.0 Å². The van der Waals surface area contributed by atoms with Crippen LogP contribution in [0.2, 0.25) is 0 Å². The van der Waals surface area contributed by atoms with Gasteiger partial charge in [-0.15, -0.1) is 0 Å². The molecule has 1 aromatic carbocycles. The Kier molecular flexibility index (Phi) is 4.97. The average Bonchev–Trinajstić information content (AvgIpc) is 3.23. The lowest BCUT2D eigenvalue weighted by atomic mass is 10.0. The van der Waals surface area contributed by atoms with Crippen LogP contribution in [-0.2, 0) is 9.47 Å². The summed E-state index contributed by atoms with van der Waals surface area (Å²) in [5.41, 5.74) is 0.675. The SMILES string of the molecule is Fc1ccccc1N1CCN(c2ccnc(N3CCC4(CC3)OCCO4)n2)CC1. The Morgan fingerprint density at radius 1 is 0.828 bits per heavy atom. The lowest BCUT2D eigenvalue weighted by molar-refractivity contribution is -0.169. The van der Waals surface area contributed by atoms with Crippen molar-refractivity contribution >= 4 is 17.5 Å². The summed E-state index contributed by atoms with van der Waals surface area (Å²) in [4.78, 5) is 15.9. The zero-order valence-corrected chi connectivity index (χ0v) is 16.5. The number of piperazine rings is 1. The number of anilines is 3. The molecule has 0 saturated carbocycles. The fourth-order valence-corrected chi connectivity index (χ4v) is 4.39. The molecule has 0 atom stereocenters. The predicted molar refractivity (Wildman–Crippen MR) is 109 cm³/mol. The van der Waals surface area contributed by atoms with Gasteiger partial charge in [0.15, 0.2) is 5.79 Å². The van der Waals surface area contributed by atoms with E-state index in [1.54, 1.807) is 6.07 Å². The molecule has 3 saturated heterocycles. The number of halogens is 1. The molecule has 8 heteroatoms. The van der Waals surface area contributed by atoms with Crippen molar-refractivity contribution in [2.75, 3.05) is 67.2 Å². The van der Waals surface area contributed by atoms with Crippen molar-refractivity contribution in [2.24, 2.45) is 0 Å². The summed E-state index contributed by atoms with van der Waals surface area (Å²) in [6.45, 7) is 6.15. The molecular formula is C21H26FN5O2. The van der Waals surface area contributed by atoms with E-state index >= 15 is 0 Å². The molecule has 2 aromatic rings. The number of hydrogen-bond acceptors (Lipinski definition) is 7. The number of piperidine rings is 1. The molecule has 1 spiro atoms. The van der Waals surface area contributed by atoms with Crippen LogP contribution in [-0.4, -0.2) is 68.2 Å². The highest BCUT2D eigenvalue weighted by Crippen LogP contribution is 2.32. The van der Waals surface area contributed by atoms with Crippen LogP contribution in [0.3, 0.4) is 0 Å². The molecule has 4 heterocycles. The van der Waals surface area contributed by atoms with Crippen molar-refractivity contribution in [2.45, 2.75) is 18.6 Å². The third-order valence-corrected chi connectivity index (χ3v) is 6.05. The number of rotatable bonds is 3. The zero-order chi connectivity index (χ0) is 19.7. The number of para-hydroxylation sites is 1. The standard InChI is InChI=1S/C21H26FN5O2/c22-17-3-1-2-4-18(17)25-11-13-26(14-12-25)19-5-8-23-20(24-19)27-9-6-21(7-10-27)28-15-16-29-21/h1-5,8H,6-7,9-16H2. The molecule has 3 aliphatic rings. The van der Waals surface area contributed by atoms with Crippen LogP contribution < -0.4 is 14.7 Å². The molecule has 0 radical (unpaired) electrons. The number of ether oxygens (including phenoxy) is 2. The Hall–Kier alpha value is -2.45. The molecule has 0 N–H and O–H groups in total. The van der Waals surface area contributed by atoms with Gasteiger partial charge in [-0.25, -0.2) is 9.37 Å². The van der Waals surface area contributed by atoms with Crippen LogP contribution in [0.15, 0.2) is 36.5 Å². The van der Waals surface area contributed by atoms with Crippen molar-refractivity contribution in [3.05, 3.63) is 42.3 Å². The largest absolute Gasteiger partial charge is 0.366 e. The Balaban J connectivity index is 1.22. The summed E-state index contributed by atoms with van der Waals surface area (Å²) in [7, 11) is 0. The smallest absolute Gasteiger partial charge is 0.227 e. The zero-order valence-electron chi connectivity index (χ0n) is 16.5. The second-order valence-electron chi connectivity index (χ2n) is 7.74. The molecular weight excluding hydrogens is 373 g/mol. The highest BCUT2D eigenvalue weighted by molar-refractivity contribution is 5.51. The molecule has 0 unspecified atom stereocenters. The number of hydrogen-bond donors (Lipinski definition) is 0. The van der Waals surface area contributed by atoms with E-state index in [1.165, 1.54) is 6.07 Å². The van der Waals surface area contributed by atoms with Crippen LogP contribution in [0.25, 0.3) is 0 Å². The average molecular weight is 399 g/mol. The van der Waals surface area contributed by atoms with E-state index in [0.29, 0.717) is 18.9 Å². The van der Waals surface area contributed by atoms with Gasteiger partial charge in [0.1, 0.15) is 11.6 Å². The summed E-state index contributed by atoms with van der Waals surface area (Å²) < 4.78 is 25.7. The van der Waals surface area contributed by atoms with E-state index < -0.39 is 5.79 Å². The highest BCUT2D eigenvalue weighted by atomic mass is 19.1. The second kappa shape index (κ2) is 7.76. The van der Waals surface area contributed by atoms with E-state index in [0.717, 1.165) is 63.9 Å². The number of benzene rings is 1.